The molecular weight excluding hydrogens is 310 g/mol. The smallest absolute Gasteiger partial charge is 0.121 e. The summed E-state index contributed by atoms with van der Waals surface area (Å²) in [6.45, 7) is 3.99. The number of aromatic nitrogens is 4. The van der Waals surface area contributed by atoms with Gasteiger partial charge in [0.15, 0.2) is 0 Å². The Labute approximate surface area is 147 Å². The van der Waals surface area contributed by atoms with Crippen molar-refractivity contribution in [3.8, 4) is 11.1 Å². The number of pyridine rings is 1. The lowest BCUT2D eigenvalue weighted by molar-refractivity contribution is 0.759. The molecule has 2 heterocycles. The Morgan fingerprint density at radius 2 is 1.80 bits per heavy atom. The highest BCUT2D eigenvalue weighted by Gasteiger charge is 2.02. The third-order valence-corrected chi connectivity index (χ3v) is 4.13. The summed E-state index contributed by atoms with van der Waals surface area (Å²) in [5.41, 5.74) is 10.7. The largest absolute Gasteiger partial charge is 0.384 e. The summed E-state index contributed by atoms with van der Waals surface area (Å²) < 4.78 is 1.63. The number of nitrogens with zero attached hydrogens (tertiary/aromatic N) is 4. The minimum Gasteiger partial charge on any atom is -0.384 e. The molecule has 2 aromatic heterocycles. The Kier molecular flexibility index (Phi) is 4.75. The van der Waals surface area contributed by atoms with Gasteiger partial charge in [-0.05, 0) is 31.6 Å². The first-order valence-corrected chi connectivity index (χ1v) is 8.10. The molecular formula is C20H21N5. The van der Waals surface area contributed by atoms with Gasteiger partial charge in [-0.3, -0.25) is 14.6 Å². The number of rotatable bonds is 2. The number of aryl methyl sites for hydroxylation is 1. The molecule has 0 bridgehead atoms. The molecule has 0 amide bonds. The van der Waals surface area contributed by atoms with Gasteiger partial charge in [0.05, 0.1) is 17.4 Å². The number of hydrogen-bond donors (Lipinski definition) is 1. The van der Waals surface area contributed by atoms with Gasteiger partial charge in [0.1, 0.15) is 5.82 Å². The van der Waals surface area contributed by atoms with Crippen LogP contribution in [0, 0.1) is 0 Å². The van der Waals surface area contributed by atoms with Crippen molar-refractivity contribution in [3.05, 3.63) is 66.8 Å². The lowest BCUT2D eigenvalue weighted by Crippen LogP contribution is -2.01. The summed E-state index contributed by atoms with van der Waals surface area (Å²) in [5.74, 6) is 0.530. The van der Waals surface area contributed by atoms with Gasteiger partial charge in [-0.2, -0.15) is 5.10 Å². The fourth-order valence-electron chi connectivity index (χ4n) is 2.40. The molecule has 25 heavy (non-hydrogen) atoms. The molecule has 0 aliphatic rings. The van der Waals surface area contributed by atoms with E-state index >= 15 is 0 Å². The second kappa shape index (κ2) is 7.13. The maximum Gasteiger partial charge on any atom is 0.121 e. The van der Waals surface area contributed by atoms with Crippen molar-refractivity contribution in [3.63, 3.8) is 0 Å². The Morgan fingerprint density at radius 1 is 1.04 bits per heavy atom. The quantitative estimate of drug-likeness (QED) is 0.765. The van der Waals surface area contributed by atoms with Crippen LogP contribution in [0.5, 0.6) is 0 Å². The van der Waals surface area contributed by atoms with Crippen molar-refractivity contribution in [2.24, 2.45) is 7.05 Å². The molecule has 3 rings (SSSR count). The van der Waals surface area contributed by atoms with Crippen LogP contribution in [0.25, 0.3) is 27.6 Å². The molecule has 0 atom stereocenters. The van der Waals surface area contributed by atoms with E-state index < -0.39 is 0 Å². The summed E-state index contributed by atoms with van der Waals surface area (Å²) in [7, 11) is 1.81. The summed E-state index contributed by atoms with van der Waals surface area (Å²) >= 11 is 0. The normalized spacial score (nSPS) is 11.4. The fraction of sp³-hybridized carbons (Fsp3) is 0.150. The number of para-hydroxylation sites is 1. The zero-order chi connectivity index (χ0) is 17.8. The average Bonchev–Trinajstić information content (AvgIpc) is 2.71. The third kappa shape index (κ3) is 3.66. The molecule has 3 aromatic rings. The molecule has 5 nitrogen and oxygen atoms in total. The standard InChI is InChI=1S/C20H21N5/c1-4-14(2)19-10-20(21)25(3)24-13-17(12-23-19)16-9-15-7-5-6-8-18(15)22-11-16/h4-13H,21H2,1-3H3/b14-4+,17-12?,20-10?,23-19?,24-13?. The maximum absolute atomic E-state index is 6.09. The van der Waals surface area contributed by atoms with E-state index in [-0.39, 0.29) is 0 Å². The van der Waals surface area contributed by atoms with E-state index in [0.29, 0.717) is 5.82 Å². The number of fused-ring (bicyclic) bond motifs is 1. The molecule has 2 N–H and O–H groups in total. The van der Waals surface area contributed by atoms with Gasteiger partial charge in [-0.1, -0.05) is 24.3 Å². The van der Waals surface area contributed by atoms with Crippen LogP contribution >= 0.6 is 0 Å². The van der Waals surface area contributed by atoms with Gasteiger partial charge in [0, 0.05) is 42.0 Å². The van der Waals surface area contributed by atoms with Gasteiger partial charge in [0.25, 0.3) is 0 Å². The van der Waals surface area contributed by atoms with E-state index in [2.05, 4.69) is 21.1 Å². The summed E-state index contributed by atoms with van der Waals surface area (Å²) in [6, 6.07) is 11.9. The van der Waals surface area contributed by atoms with E-state index in [1.165, 1.54) is 0 Å². The number of anilines is 1. The lowest BCUT2D eigenvalue weighted by atomic mass is 10.1. The Balaban J connectivity index is 2.23. The minimum atomic E-state index is 0.530. The first-order chi connectivity index (χ1) is 12.1. The predicted molar refractivity (Wildman–Crippen MR) is 103 cm³/mol. The fourth-order valence-corrected chi connectivity index (χ4v) is 2.40. The first-order valence-electron chi connectivity index (χ1n) is 8.10. The molecule has 0 aliphatic carbocycles. The number of nitrogens with two attached hydrogens (primary N) is 1. The van der Waals surface area contributed by atoms with Gasteiger partial charge in [-0.15, -0.1) is 0 Å². The molecule has 0 saturated carbocycles. The Morgan fingerprint density at radius 3 is 2.60 bits per heavy atom. The molecule has 126 valence electrons. The highest BCUT2D eigenvalue weighted by molar-refractivity contribution is 5.83. The van der Waals surface area contributed by atoms with Crippen LogP contribution in [-0.2, 0) is 7.05 Å². The van der Waals surface area contributed by atoms with Gasteiger partial charge < -0.3 is 5.73 Å². The molecule has 1 aromatic carbocycles. The maximum atomic E-state index is 6.09. The van der Waals surface area contributed by atoms with Crippen LogP contribution in [0.4, 0.5) is 5.82 Å². The van der Waals surface area contributed by atoms with Crippen molar-refractivity contribution >= 4 is 22.3 Å². The van der Waals surface area contributed by atoms with E-state index in [1.54, 1.807) is 17.1 Å². The predicted octanol–water partition coefficient (Wildman–Crippen LogP) is 4.16. The SMILES string of the molecule is C/C=C(\C)c1cc(N)n(C)ncc(-c2cnc3ccccc3c2)cn1. The van der Waals surface area contributed by atoms with Crippen molar-refractivity contribution in [1.82, 2.24) is 19.7 Å². The molecule has 0 unspecified atom stereocenters. The van der Waals surface area contributed by atoms with Gasteiger partial charge in [0.2, 0.25) is 0 Å². The van der Waals surface area contributed by atoms with Crippen LogP contribution in [0.3, 0.4) is 0 Å². The highest BCUT2D eigenvalue weighted by Crippen LogP contribution is 2.21. The number of allylic oxidation sites excluding steroid dienone is 2. The van der Waals surface area contributed by atoms with Crippen LogP contribution in [-0.4, -0.2) is 19.7 Å². The van der Waals surface area contributed by atoms with Crippen LogP contribution in [0.1, 0.15) is 19.5 Å². The van der Waals surface area contributed by atoms with E-state index in [0.717, 1.165) is 33.3 Å². The monoisotopic (exact) mass is 331 g/mol. The second-order valence-electron chi connectivity index (χ2n) is 5.82. The molecule has 0 radical (unpaired) electrons. The van der Waals surface area contributed by atoms with Gasteiger partial charge in [-0.25, -0.2) is 0 Å². The second-order valence-corrected chi connectivity index (χ2v) is 5.82. The number of nitrogen functional groups attached to an aromatic ring is 1. The first kappa shape index (κ1) is 16.6. The minimum absolute atomic E-state index is 0.530. The molecule has 5 heteroatoms. The van der Waals surface area contributed by atoms with Crippen LogP contribution in [0.15, 0.2) is 61.1 Å². The molecule has 0 fully saturated rings. The molecule has 0 saturated heterocycles. The van der Waals surface area contributed by atoms with E-state index in [4.69, 9.17) is 5.73 Å². The highest BCUT2D eigenvalue weighted by atomic mass is 15.3. The van der Waals surface area contributed by atoms with E-state index in [1.807, 2.05) is 63.5 Å². The van der Waals surface area contributed by atoms with Crippen LogP contribution in [0.2, 0.25) is 0 Å². The number of hydrogen-bond acceptors (Lipinski definition) is 4. The van der Waals surface area contributed by atoms with Crippen molar-refractivity contribution in [1.29, 1.82) is 0 Å². The zero-order valence-electron chi connectivity index (χ0n) is 14.6. The van der Waals surface area contributed by atoms with Crippen molar-refractivity contribution < 1.29 is 0 Å². The van der Waals surface area contributed by atoms with Crippen molar-refractivity contribution in [2.45, 2.75) is 13.8 Å². The topological polar surface area (TPSA) is 69.6 Å². The summed E-state index contributed by atoms with van der Waals surface area (Å²) in [4.78, 5) is 9.15. The van der Waals surface area contributed by atoms with Crippen LogP contribution < -0.4 is 5.73 Å². The third-order valence-electron chi connectivity index (χ3n) is 4.13. The molecule has 0 aliphatic heterocycles. The lowest BCUT2D eigenvalue weighted by Gasteiger charge is -2.01. The van der Waals surface area contributed by atoms with E-state index in [9.17, 15) is 0 Å². The summed E-state index contributed by atoms with van der Waals surface area (Å²) in [6.07, 6.45) is 7.41. The number of benzene rings is 1. The van der Waals surface area contributed by atoms with Gasteiger partial charge >= 0.3 is 0 Å². The Hall–Kier alpha value is -3.21. The average molecular weight is 331 g/mol. The zero-order valence-corrected chi connectivity index (χ0v) is 14.6. The molecule has 0 spiro atoms. The summed E-state index contributed by atoms with van der Waals surface area (Å²) in [5, 5.41) is 5.49. The van der Waals surface area contributed by atoms with Crippen molar-refractivity contribution in [2.75, 3.05) is 5.73 Å². The Bertz CT molecular complexity index is 1000.